The SMILES string of the molecule is O=C(c1cccc(C(=O)N2CCN(c3ccccc3)CC2)c1)c1cccc(C(O)N2CCN(c3ccccc3)CC2)c1. The Labute approximate surface area is 247 Å². The van der Waals surface area contributed by atoms with Gasteiger partial charge in [0, 0.05) is 80.4 Å². The van der Waals surface area contributed by atoms with Crippen LogP contribution in [0.4, 0.5) is 11.4 Å². The second-order valence-corrected chi connectivity index (χ2v) is 10.9. The van der Waals surface area contributed by atoms with Crippen LogP contribution in [-0.2, 0) is 0 Å². The molecule has 1 atom stereocenters. The van der Waals surface area contributed by atoms with Crippen LogP contribution in [0.2, 0.25) is 0 Å². The number of para-hydroxylation sites is 2. The summed E-state index contributed by atoms with van der Waals surface area (Å²) in [4.78, 5) is 35.4. The third-order valence-electron chi connectivity index (χ3n) is 8.29. The Bertz CT molecular complexity index is 1510. The van der Waals surface area contributed by atoms with Crippen molar-refractivity contribution in [3.8, 4) is 0 Å². The Morgan fingerprint density at radius 2 is 1.05 bits per heavy atom. The Balaban J connectivity index is 1.09. The van der Waals surface area contributed by atoms with E-state index >= 15 is 0 Å². The van der Waals surface area contributed by atoms with Gasteiger partial charge in [0.25, 0.3) is 5.91 Å². The zero-order chi connectivity index (χ0) is 28.9. The number of aliphatic hydroxyl groups is 1. The van der Waals surface area contributed by atoms with Gasteiger partial charge in [-0.15, -0.1) is 0 Å². The highest BCUT2D eigenvalue weighted by Crippen LogP contribution is 2.24. The Kier molecular flexibility index (Phi) is 8.30. The van der Waals surface area contributed by atoms with Crippen molar-refractivity contribution in [1.82, 2.24) is 9.80 Å². The van der Waals surface area contributed by atoms with Gasteiger partial charge < -0.3 is 19.8 Å². The van der Waals surface area contributed by atoms with Gasteiger partial charge in [0.1, 0.15) is 6.23 Å². The number of ketones is 1. The molecular formula is C35H36N4O3. The molecule has 214 valence electrons. The van der Waals surface area contributed by atoms with Crippen LogP contribution >= 0.6 is 0 Å². The molecule has 1 N–H and O–H groups in total. The lowest BCUT2D eigenvalue weighted by molar-refractivity contribution is -0.00163. The van der Waals surface area contributed by atoms with Gasteiger partial charge in [0.05, 0.1) is 0 Å². The number of aliphatic hydroxyl groups excluding tert-OH is 1. The zero-order valence-corrected chi connectivity index (χ0v) is 23.7. The number of anilines is 2. The molecule has 0 bridgehead atoms. The minimum Gasteiger partial charge on any atom is -0.374 e. The maximum Gasteiger partial charge on any atom is 0.253 e. The monoisotopic (exact) mass is 560 g/mol. The lowest BCUT2D eigenvalue weighted by atomic mass is 9.98. The third-order valence-corrected chi connectivity index (χ3v) is 8.29. The van der Waals surface area contributed by atoms with Gasteiger partial charge in [-0.05, 0) is 48.0 Å². The number of carbonyl (C=O) groups excluding carboxylic acids is 2. The van der Waals surface area contributed by atoms with Crippen molar-refractivity contribution in [2.24, 2.45) is 0 Å². The van der Waals surface area contributed by atoms with Crippen molar-refractivity contribution >= 4 is 23.1 Å². The fourth-order valence-electron chi connectivity index (χ4n) is 5.86. The molecule has 2 heterocycles. The maximum absolute atomic E-state index is 13.5. The van der Waals surface area contributed by atoms with Gasteiger partial charge in [0.2, 0.25) is 0 Å². The first-order chi connectivity index (χ1) is 20.6. The Morgan fingerprint density at radius 3 is 1.64 bits per heavy atom. The smallest absolute Gasteiger partial charge is 0.253 e. The van der Waals surface area contributed by atoms with Crippen molar-refractivity contribution in [3.63, 3.8) is 0 Å². The fraction of sp³-hybridized carbons (Fsp3) is 0.257. The van der Waals surface area contributed by atoms with Crippen LogP contribution in [0.15, 0.2) is 109 Å². The molecular weight excluding hydrogens is 524 g/mol. The molecule has 0 aliphatic carbocycles. The van der Waals surface area contributed by atoms with Crippen LogP contribution in [0.1, 0.15) is 38.1 Å². The molecule has 1 unspecified atom stereocenters. The van der Waals surface area contributed by atoms with E-state index in [4.69, 9.17) is 0 Å². The first-order valence-electron chi connectivity index (χ1n) is 14.6. The quantitative estimate of drug-likeness (QED) is 0.331. The van der Waals surface area contributed by atoms with Crippen LogP contribution in [0.5, 0.6) is 0 Å². The number of hydrogen-bond donors (Lipinski definition) is 1. The summed E-state index contributed by atoms with van der Waals surface area (Å²) in [5, 5.41) is 11.2. The number of nitrogens with zero attached hydrogens (tertiary/aromatic N) is 4. The third kappa shape index (κ3) is 6.08. The summed E-state index contributed by atoms with van der Waals surface area (Å²) in [6, 6.07) is 34.7. The fourth-order valence-corrected chi connectivity index (χ4v) is 5.86. The molecule has 0 saturated carbocycles. The summed E-state index contributed by atoms with van der Waals surface area (Å²) in [5.41, 5.74) is 4.52. The molecule has 7 nitrogen and oxygen atoms in total. The summed E-state index contributed by atoms with van der Waals surface area (Å²) >= 11 is 0. The molecule has 2 fully saturated rings. The highest BCUT2D eigenvalue weighted by Gasteiger charge is 2.25. The van der Waals surface area contributed by atoms with Crippen molar-refractivity contribution < 1.29 is 14.7 Å². The first kappa shape index (κ1) is 27.7. The van der Waals surface area contributed by atoms with Crippen molar-refractivity contribution in [1.29, 1.82) is 0 Å². The maximum atomic E-state index is 13.5. The van der Waals surface area contributed by atoms with E-state index in [1.807, 2.05) is 58.3 Å². The van der Waals surface area contributed by atoms with Crippen LogP contribution in [0.3, 0.4) is 0 Å². The number of rotatable bonds is 7. The zero-order valence-electron chi connectivity index (χ0n) is 23.7. The molecule has 42 heavy (non-hydrogen) atoms. The van der Waals surface area contributed by atoms with Crippen LogP contribution in [-0.4, -0.2) is 79.0 Å². The largest absolute Gasteiger partial charge is 0.374 e. The van der Waals surface area contributed by atoms with Crippen molar-refractivity contribution in [3.05, 3.63) is 131 Å². The molecule has 4 aromatic rings. The van der Waals surface area contributed by atoms with Crippen LogP contribution in [0.25, 0.3) is 0 Å². The van der Waals surface area contributed by atoms with E-state index in [1.54, 1.807) is 36.4 Å². The first-order valence-corrected chi connectivity index (χ1v) is 14.6. The lowest BCUT2D eigenvalue weighted by Gasteiger charge is -2.38. The van der Waals surface area contributed by atoms with Gasteiger partial charge in [-0.25, -0.2) is 0 Å². The van der Waals surface area contributed by atoms with Crippen LogP contribution in [0, 0.1) is 0 Å². The van der Waals surface area contributed by atoms with E-state index in [0.717, 1.165) is 39.3 Å². The summed E-state index contributed by atoms with van der Waals surface area (Å²) in [6.45, 7) is 5.88. The normalized spacial score (nSPS) is 16.7. The molecule has 2 aliphatic rings. The molecule has 2 aliphatic heterocycles. The van der Waals surface area contributed by atoms with Crippen LogP contribution < -0.4 is 9.80 Å². The average Bonchev–Trinajstić information content (AvgIpc) is 3.08. The number of amides is 1. The predicted molar refractivity (Wildman–Crippen MR) is 166 cm³/mol. The second-order valence-electron chi connectivity index (χ2n) is 10.9. The van der Waals surface area contributed by atoms with Gasteiger partial charge in [-0.2, -0.15) is 0 Å². The van der Waals surface area contributed by atoms with Gasteiger partial charge in [-0.3, -0.25) is 14.5 Å². The molecule has 0 aromatic heterocycles. The summed E-state index contributed by atoms with van der Waals surface area (Å²) in [6.07, 6.45) is -0.793. The molecule has 6 rings (SSSR count). The number of carbonyl (C=O) groups is 2. The van der Waals surface area contributed by atoms with Crippen molar-refractivity contribution in [2.75, 3.05) is 62.2 Å². The van der Waals surface area contributed by atoms with Gasteiger partial charge in [-0.1, -0.05) is 66.7 Å². The highest BCUT2D eigenvalue weighted by molar-refractivity contribution is 6.10. The van der Waals surface area contributed by atoms with Gasteiger partial charge >= 0.3 is 0 Å². The van der Waals surface area contributed by atoms with E-state index in [2.05, 4.69) is 34.1 Å². The van der Waals surface area contributed by atoms with E-state index < -0.39 is 6.23 Å². The molecule has 4 aromatic carbocycles. The number of piperazine rings is 2. The minimum atomic E-state index is -0.793. The molecule has 7 heteroatoms. The molecule has 1 amide bonds. The highest BCUT2D eigenvalue weighted by atomic mass is 16.3. The topological polar surface area (TPSA) is 67.3 Å². The van der Waals surface area contributed by atoms with E-state index in [0.29, 0.717) is 35.3 Å². The summed E-state index contributed by atoms with van der Waals surface area (Å²) in [7, 11) is 0. The minimum absolute atomic E-state index is 0.0591. The second kappa shape index (κ2) is 12.6. The number of hydrogen-bond acceptors (Lipinski definition) is 6. The number of benzene rings is 4. The van der Waals surface area contributed by atoms with E-state index in [9.17, 15) is 14.7 Å². The average molecular weight is 561 g/mol. The van der Waals surface area contributed by atoms with E-state index in [-0.39, 0.29) is 11.7 Å². The summed E-state index contributed by atoms with van der Waals surface area (Å²) < 4.78 is 0. The Morgan fingerprint density at radius 1 is 0.548 bits per heavy atom. The Hall–Kier alpha value is -4.46. The predicted octanol–water partition coefficient (Wildman–Crippen LogP) is 4.69. The lowest BCUT2D eigenvalue weighted by Crippen LogP contribution is -2.48. The molecule has 0 radical (unpaired) electrons. The summed E-state index contributed by atoms with van der Waals surface area (Å²) in [5.74, 6) is -0.224. The van der Waals surface area contributed by atoms with Gasteiger partial charge in [0.15, 0.2) is 5.78 Å². The molecule has 2 saturated heterocycles. The van der Waals surface area contributed by atoms with Crippen molar-refractivity contribution in [2.45, 2.75) is 6.23 Å². The molecule has 0 spiro atoms. The van der Waals surface area contributed by atoms with E-state index in [1.165, 1.54) is 11.4 Å². The standard InChI is InChI=1S/C35H36N4O3/c40-33(27-9-7-11-29(25-27)34(41)38-21-17-36(18-22-38)31-13-3-1-4-14-31)28-10-8-12-30(26-28)35(42)39-23-19-37(20-24-39)32-15-5-2-6-16-32/h1-16,25-26,34,41H,17-24H2.